The minimum absolute atomic E-state index is 0.286. The van der Waals surface area contributed by atoms with Gasteiger partial charge in [0.2, 0.25) is 0 Å². The van der Waals surface area contributed by atoms with Crippen LogP contribution in [0.15, 0.2) is 24.3 Å². The molecule has 0 bridgehead atoms. The molecule has 0 atom stereocenters. The Balaban J connectivity index is 2.05. The molecule has 0 unspecified atom stereocenters. The first-order chi connectivity index (χ1) is 11.3. The average Bonchev–Trinajstić information content (AvgIpc) is 3.04. The van der Waals surface area contributed by atoms with Crippen molar-refractivity contribution in [3.63, 3.8) is 0 Å². The molecule has 1 N–H and O–H groups in total. The second kappa shape index (κ2) is 7.32. The largest absolute Gasteiger partial charge is 0.455 e. The third-order valence-electron chi connectivity index (χ3n) is 4.94. The maximum atomic E-state index is 13.2. The normalized spacial score (nSPS) is 16.7. The standard InChI is InChI=1S/C19H26FNO3/c1-4-18(2,3)21-16(22)13-24-17(23)19(11-5-6-12-19)14-7-9-15(20)10-8-14/h7-10H,4-6,11-13H2,1-3H3,(H,21,22). The fraction of sp³-hybridized carbons (Fsp3) is 0.579. The summed E-state index contributed by atoms with van der Waals surface area (Å²) < 4.78 is 18.5. The molecule has 0 saturated heterocycles. The fourth-order valence-electron chi connectivity index (χ4n) is 3.13. The van der Waals surface area contributed by atoms with Crippen molar-refractivity contribution in [1.82, 2.24) is 5.32 Å². The number of benzene rings is 1. The zero-order valence-electron chi connectivity index (χ0n) is 14.7. The van der Waals surface area contributed by atoms with Gasteiger partial charge in [-0.2, -0.15) is 0 Å². The molecule has 1 aliphatic carbocycles. The van der Waals surface area contributed by atoms with Crippen molar-refractivity contribution in [2.75, 3.05) is 6.61 Å². The molecule has 1 saturated carbocycles. The van der Waals surface area contributed by atoms with E-state index in [2.05, 4.69) is 5.32 Å². The van der Waals surface area contributed by atoms with E-state index in [1.54, 1.807) is 12.1 Å². The summed E-state index contributed by atoms with van der Waals surface area (Å²) in [5.41, 5.74) is -0.319. The number of carbonyl (C=O) groups is 2. The van der Waals surface area contributed by atoms with E-state index in [4.69, 9.17) is 4.74 Å². The van der Waals surface area contributed by atoms with E-state index in [0.717, 1.165) is 24.8 Å². The lowest BCUT2D eigenvalue weighted by atomic mass is 9.79. The number of amides is 1. The second-order valence-corrected chi connectivity index (χ2v) is 7.16. The fourth-order valence-corrected chi connectivity index (χ4v) is 3.13. The number of rotatable bonds is 6. The van der Waals surface area contributed by atoms with Crippen LogP contribution in [0.3, 0.4) is 0 Å². The molecule has 0 aromatic heterocycles. The number of nitrogens with one attached hydrogen (secondary N) is 1. The van der Waals surface area contributed by atoms with E-state index in [-0.39, 0.29) is 23.9 Å². The summed E-state index contributed by atoms with van der Waals surface area (Å²) in [4.78, 5) is 24.7. The van der Waals surface area contributed by atoms with Crippen molar-refractivity contribution >= 4 is 11.9 Å². The smallest absolute Gasteiger partial charge is 0.317 e. The van der Waals surface area contributed by atoms with Crippen molar-refractivity contribution in [2.24, 2.45) is 0 Å². The summed E-state index contributed by atoms with van der Waals surface area (Å²) in [7, 11) is 0. The summed E-state index contributed by atoms with van der Waals surface area (Å²) in [6, 6.07) is 6.00. The van der Waals surface area contributed by atoms with Gasteiger partial charge < -0.3 is 10.1 Å². The van der Waals surface area contributed by atoms with Crippen LogP contribution < -0.4 is 5.32 Å². The summed E-state index contributed by atoms with van der Waals surface area (Å²) in [6.07, 6.45) is 3.95. The van der Waals surface area contributed by atoms with E-state index in [1.165, 1.54) is 12.1 Å². The molecule has 5 heteroatoms. The highest BCUT2D eigenvalue weighted by atomic mass is 19.1. The first-order valence-electron chi connectivity index (χ1n) is 8.53. The minimum atomic E-state index is -0.756. The van der Waals surface area contributed by atoms with E-state index >= 15 is 0 Å². The molecule has 2 rings (SSSR count). The zero-order valence-corrected chi connectivity index (χ0v) is 14.7. The highest BCUT2D eigenvalue weighted by Gasteiger charge is 2.44. The Bertz CT molecular complexity index is 589. The van der Waals surface area contributed by atoms with E-state index in [9.17, 15) is 14.0 Å². The van der Waals surface area contributed by atoms with Gasteiger partial charge in [0, 0.05) is 5.54 Å². The average molecular weight is 335 g/mol. The Morgan fingerprint density at radius 3 is 2.33 bits per heavy atom. The summed E-state index contributed by atoms with van der Waals surface area (Å²) >= 11 is 0. The van der Waals surface area contributed by atoms with Gasteiger partial charge in [-0.3, -0.25) is 9.59 Å². The summed E-state index contributed by atoms with van der Waals surface area (Å²) in [5, 5.41) is 2.85. The molecule has 0 spiro atoms. The van der Waals surface area contributed by atoms with Crippen LogP contribution in [0, 0.1) is 5.82 Å². The predicted molar refractivity (Wildman–Crippen MR) is 90.0 cm³/mol. The van der Waals surface area contributed by atoms with Crippen molar-refractivity contribution in [3.05, 3.63) is 35.6 Å². The second-order valence-electron chi connectivity index (χ2n) is 7.16. The SMILES string of the molecule is CCC(C)(C)NC(=O)COC(=O)C1(c2ccc(F)cc2)CCCC1. The van der Waals surface area contributed by atoms with Crippen LogP contribution in [-0.2, 0) is 19.7 Å². The third kappa shape index (κ3) is 4.13. The number of hydrogen-bond donors (Lipinski definition) is 1. The Kier molecular flexibility index (Phi) is 5.62. The molecule has 0 aliphatic heterocycles. The number of hydrogen-bond acceptors (Lipinski definition) is 3. The van der Waals surface area contributed by atoms with Crippen LogP contribution in [0.1, 0.15) is 58.4 Å². The lowest BCUT2D eigenvalue weighted by Gasteiger charge is -2.28. The van der Waals surface area contributed by atoms with Crippen molar-refractivity contribution in [2.45, 2.75) is 63.8 Å². The summed E-state index contributed by atoms with van der Waals surface area (Å²) in [5.74, 6) is -1.03. The number of carbonyl (C=O) groups excluding carboxylic acids is 2. The molecule has 1 amide bonds. The molecule has 4 nitrogen and oxygen atoms in total. The molecule has 0 radical (unpaired) electrons. The first kappa shape index (κ1) is 18.4. The van der Waals surface area contributed by atoms with Crippen LogP contribution in [0.4, 0.5) is 4.39 Å². The van der Waals surface area contributed by atoms with Crippen LogP contribution >= 0.6 is 0 Å². The van der Waals surface area contributed by atoms with Gasteiger partial charge in [0.25, 0.3) is 5.91 Å². The number of halogens is 1. The van der Waals surface area contributed by atoms with Crippen molar-refractivity contribution in [1.29, 1.82) is 0 Å². The summed E-state index contributed by atoms with van der Waals surface area (Å²) in [6.45, 7) is 5.53. The van der Waals surface area contributed by atoms with Gasteiger partial charge >= 0.3 is 5.97 Å². The zero-order chi connectivity index (χ0) is 17.8. The topological polar surface area (TPSA) is 55.4 Å². The molecule has 24 heavy (non-hydrogen) atoms. The Morgan fingerprint density at radius 2 is 1.79 bits per heavy atom. The van der Waals surface area contributed by atoms with Gasteiger partial charge in [-0.05, 0) is 50.8 Å². The molecule has 1 aliphatic rings. The van der Waals surface area contributed by atoms with Crippen LogP contribution in [-0.4, -0.2) is 24.0 Å². The van der Waals surface area contributed by atoms with Gasteiger partial charge in [0.15, 0.2) is 6.61 Å². The molecule has 132 valence electrons. The van der Waals surface area contributed by atoms with E-state index in [0.29, 0.717) is 12.8 Å². The quantitative estimate of drug-likeness (QED) is 0.810. The van der Waals surface area contributed by atoms with Crippen LogP contribution in [0.25, 0.3) is 0 Å². The monoisotopic (exact) mass is 335 g/mol. The molecule has 1 aromatic carbocycles. The van der Waals surface area contributed by atoms with Gasteiger partial charge in [-0.15, -0.1) is 0 Å². The molecule has 0 heterocycles. The lowest BCUT2D eigenvalue weighted by Crippen LogP contribution is -2.45. The minimum Gasteiger partial charge on any atom is -0.455 e. The van der Waals surface area contributed by atoms with Crippen LogP contribution in [0.5, 0.6) is 0 Å². The number of esters is 1. The van der Waals surface area contributed by atoms with Gasteiger partial charge in [-0.1, -0.05) is 31.9 Å². The highest BCUT2D eigenvalue weighted by Crippen LogP contribution is 2.42. The van der Waals surface area contributed by atoms with Crippen molar-refractivity contribution in [3.8, 4) is 0 Å². The van der Waals surface area contributed by atoms with Crippen molar-refractivity contribution < 1.29 is 18.7 Å². The Hall–Kier alpha value is -1.91. The van der Waals surface area contributed by atoms with Gasteiger partial charge in [0.1, 0.15) is 5.82 Å². The van der Waals surface area contributed by atoms with E-state index in [1.807, 2.05) is 20.8 Å². The first-order valence-corrected chi connectivity index (χ1v) is 8.53. The predicted octanol–water partition coefficient (Wildman–Crippen LogP) is 3.49. The lowest BCUT2D eigenvalue weighted by molar-refractivity contribution is -0.154. The van der Waals surface area contributed by atoms with E-state index < -0.39 is 11.4 Å². The highest BCUT2D eigenvalue weighted by molar-refractivity contribution is 5.87. The van der Waals surface area contributed by atoms with Crippen LogP contribution in [0.2, 0.25) is 0 Å². The Labute approximate surface area is 142 Å². The molecular formula is C19H26FNO3. The molecular weight excluding hydrogens is 309 g/mol. The molecule has 1 fully saturated rings. The Morgan fingerprint density at radius 1 is 1.21 bits per heavy atom. The molecule has 1 aromatic rings. The van der Waals surface area contributed by atoms with Gasteiger partial charge in [0.05, 0.1) is 5.41 Å². The maximum Gasteiger partial charge on any atom is 0.317 e. The third-order valence-corrected chi connectivity index (χ3v) is 4.94. The number of ether oxygens (including phenoxy) is 1. The van der Waals surface area contributed by atoms with Gasteiger partial charge in [-0.25, -0.2) is 4.39 Å². The maximum absolute atomic E-state index is 13.2.